The number of thiophene rings is 1. The molecule has 10 heteroatoms. The normalized spacial score (nSPS) is 15.4. The number of nitrogens with one attached hydrogen (secondary N) is 1. The Labute approximate surface area is 161 Å². The van der Waals surface area contributed by atoms with Gasteiger partial charge in [0.2, 0.25) is 0 Å². The van der Waals surface area contributed by atoms with E-state index in [1.54, 1.807) is 24.4 Å². The maximum atomic E-state index is 13.2. The lowest BCUT2D eigenvalue weighted by atomic mass is 10.1. The number of nitriles is 1. The molecule has 28 heavy (non-hydrogen) atoms. The van der Waals surface area contributed by atoms with Crippen LogP contribution in [0.4, 0.5) is 13.2 Å². The summed E-state index contributed by atoms with van der Waals surface area (Å²) in [5, 5.41) is 13.1. The summed E-state index contributed by atoms with van der Waals surface area (Å²) in [5.41, 5.74) is 1.59. The number of nitrogens with zero attached hydrogens (tertiary/aromatic N) is 4. The summed E-state index contributed by atoms with van der Waals surface area (Å²) in [6.45, 7) is 1.77. The van der Waals surface area contributed by atoms with Crippen LogP contribution in [0.25, 0.3) is 16.2 Å². The van der Waals surface area contributed by atoms with E-state index in [0.29, 0.717) is 34.7 Å². The summed E-state index contributed by atoms with van der Waals surface area (Å²) in [4.78, 5) is 21.6. The molecule has 1 aliphatic carbocycles. The predicted octanol–water partition coefficient (Wildman–Crippen LogP) is 3.71. The zero-order valence-corrected chi connectivity index (χ0v) is 15.4. The van der Waals surface area contributed by atoms with E-state index < -0.39 is 24.0 Å². The Balaban J connectivity index is 1.74. The molecule has 0 spiro atoms. The lowest BCUT2D eigenvalue weighted by molar-refractivity contribution is -0.158. The molecule has 6 nitrogen and oxygen atoms in total. The highest BCUT2D eigenvalue weighted by molar-refractivity contribution is 7.13. The van der Waals surface area contributed by atoms with Crippen LogP contribution in [-0.2, 0) is 0 Å². The van der Waals surface area contributed by atoms with Gasteiger partial charge < -0.3 is 5.32 Å². The van der Waals surface area contributed by atoms with Crippen LogP contribution >= 0.6 is 11.3 Å². The first-order valence-electron chi connectivity index (χ1n) is 8.50. The maximum absolute atomic E-state index is 13.2. The number of hydrogen-bond donors (Lipinski definition) is 1. The Bertz CT molecular complexity index is 1110. The van der Waals surface area contributed by atoms with Gasteiger partial charge in [-0.15, -0.1) is 11.3 Å². The highest BCUT2D eigenvalue weighted by Crippen LogP contribution is 2.40. The smallest absolute Gasteiger partial charge is 0.339 e. The third-order valence-electron chi connectivity index (χ3n) is 4.66. The number of hydrogen-bond acceptors (Lipinski definition) is 5. The minimum Gasteiger partial charge on any atom is -0.339 e. The van der Waals surface area contributed by atoms with Crippen LogP contribution in [0.1, 0.15) is 34.6 Å². The lowest BCUT2D eigenvalue weighted by Crippen LogP contribution is -2.47. The van der Waals surface area contributed by atoms with Gasteiger partial charge in [-0.1, -0.05) is 0 Å². The van der Waals surface area contributed by atoms with E-state index in [1.807, 2.05) is 0 Å². The molecule has 0 saturated heterocycles. The van der Waals surface area contributed by atoms with Crippen molar-refractivity contribution in [3.8, 4) is 16.6 Å². The highest BCUT2D eigenvalue weighted by atomic mass is 32.1. The second-order valence-electron chi connectivity index (χ2n) is 6.67. The third kappa shape index (κ3) is 3.22. The van der Waals surface area contributed by atoms with Gasteiger partial charge in [0.05, 0.1) is 16.1 Å². The molecule has 1 atom stereocenters. The number of carbonyl (C=O) groups is 1. The molecule has 1 fully saturated rings. The number of amides is 1. The van der Waals surface area contributed by atoms with Crippen molar-refractivity contribution in [3.63, 3.8) is 0 Å². The number of alkyl halides is 3. The fourth-order valence-corrected chi connectivity index (χ4v) is 3.91. The summed E-state index contributed by atoms with van der Waals surface area (Å²) >= 11 is 1.32. The predicted molar refractivity (Wildman–Crippen MR) is 95.8 cm³/mol. The molecule has 1 aliphatic rings. The average Bonchev–Trinajstić information content (AvgIpc) is 3.18. The molecule has 1 N–H and O–H groups in total. The van der Waals surface area contributed by atoms with Gasteiger partial charge in [0.15, 0.2) is 11.3 Å². The van der Waals surface area contributed by atoms with Crippen LogP contribution in [0.15, 0.2) is 23.8 Å². The first kappa shape index (κ1) is 18.4. The molecule has 0 aliphatic heterocycles. The molecule has 3 heterocycles. The first-order valence-corrected chi connectivity index (χ1v) is 9.38. The van der Waals surface area contributed by atoms with E-state index in [1.165, 1.54) is 22.1 Å². The van der Waals surface area contributed by atoms with Crippen LogP contribution in [0, 0.1) is 24.2 Å². The van der Waals surface area contributed by atoms with Crippen molar-refractivity contribution < 1.29 is 18.0 Å². The largest absolute Gasteiger partial charge is 0.408 e. The number of fused-ring (bicyclic) bond motifs is 1. The van der Waals surface area contributed by atoms with Gasteiger partial charge in [-0.05, 0) is 43.2 Å². The maximum Gasteiger partial charge on any atom is 0.408 e. The minimum absolute atomic E-state index is 0.154. The van der Waals surface area contributed by atoms with Crippen molar-refractivity contribution in [1.29, 1.82) is 5.26 Å². The van der Waals surface area contributed by atoms with Gasteiger partial charge in [0, 0.05) is 5.69 Å². The average molecular weight is 405 g/mol. The number of halogens is 3. The van der Waals surface area contributed by atoms with Crippen molar-refractivity contribution >= 4 is 22.9 Å². The Morgan fingerprint density at radius 2 is 2.21 bits per heavy atom. The standard InChI is InChI=1S/C18H14F3N5OS/c1-9-6-12(14-11(7-22)4-5-28-14)24-16-13(23-8-26(9)16)17(27)25-15(10-2-3-10)18(19,20)21/h4-6,8,10,15H,2-3H2,1H3,(H,25,27). The van der Waals surface area contributed by atoms with Crippen molar-refractivity contribution in [2.24, 2.45) is 5.92 Å². The number of rotatable bonds is 4. The second-order valence-corrected chi connectivity index (χ2v) is 7.59. The topological polar surface area (TPSA) is 83.1 Å². The van der Waals surface area contributed by atoms with Crippen LogP contribution < -0.4 is 5.32 Å². The Hall–Kier alpha value is -2.93. The van der Waals surface area contributed by atoms with E-state index in [9.17, 15) is 23.2 Å². The molecule has 4 rings (SSSR count). The summed E-state index contributed by atoms with van der Waals surface area (Å²) in [6.07, 6.45) is -2.29. The van der Waals surface area contributed by atoms with Gasteiger partial charge in [0.1, 0.15) is 18.4 Å². The number of carbonyl (C=O) groups excluding carboxylic acids is 1. The molecule has 3 aromatic rings. The molecule has 0 radical (unpaired) electrons. The summed E-state index contributed by atoms with van der Waals surface area (Å²) in [7, 11) is 0. The quantitative estimate of drug-likeness (QED) is 0.717. The SMILES string of the molecule is Cc1cc(-c2sccc2C#N)nc2c(C(=O)NC(C3CC3)C(F)(F)F)ncn12. The molecule has 0 aromatic carbocycles. The Kier molecular flexibility index (Phi) is 4.34. The van der Waals surface area contributed by atoms with Gasteiger partial charge in [0.25, 0.3) is 5.91 Å². The first-order chi connectivity index (χ1) is 13.3. The zero-order chi connectivity index (χ0) is 20.1. The fourth-order valence-electron chi connectivity index (χ4n) is 3.10. The fraction of sp³-hybridized carbons (Fsp3) is 0.333. The van der Waals surface area contributed by atoms with Crippen molar-refractivity contribution in [3.05, 3.63) is 40.8 Å². The molecule has 3 aromatic heterocycles. The van der Waals surface area contributed by atoms with Crippen molar-refractivity contribution in [2.45, 2.75) is 32.0 Å². The van der Waals surface area contributed by atoms with Crippen LogP contribution in [0.2, 0.25) is 0 Å². The van der Waals surface area contributed by atoms with Gasteiger partial charge in [-0.2, -0.15) is 18.4 Å². The molecule has 144 valence electrons. The van der Waals surface area contributed by atoms with Crippen molar-refractivity contribution in [2.75, 3.05) is 0 Å². The minimum atomic E-state index is -4.51. The number of aryl methyl sites for hydroxylation is 1. The summed E-state index contributed by atoms with van der Waals surface area (Å²) < 4.78 is 41.3. The number of aromatic nitrogens is 3. The molecule has 0 bridgehead atoms. The van der Waals surface area contributed by atoms with E-state index in [2.05, 4.69) is 21.4 Å². The molecule has 1 amide bonds. The van der Waals surface area contributed by atoms with E-state index in [-0.39, 0.29) is 11.3 Å². The van der Waals surface area contributed by atoms with Crippen LogP contribution in [-0.4, -0.2) is 32.5 Å². The van der Waals surface area contributed by atoms with E-state index in [0.717, 1.165) is 0 Å². The van der Waals surface area contributed by atoms with Crippen LogP contribution in [0.3, 0.4) is 0 Å². The Morgan fingerprint density at radius 1 is 1.46 bits per heavy atom. The van der Waals surface area contributed by atoms with E-state index >= 15 is 0 Å². The zero-order valence-electron chi connectivity index (χ0n) is 14.6. The van der Waals surface area contributed by atoms with Gasteiger partial charge >= 0.3 is 6.18 Å². The molecule has 1 unspecified atom stereocenters. The van der Waals surface area contributed by atoms with Crippen LogP contribution in [0.5, 0.6) is 0 Å². The number of imidazole rings is 1. The highest BCUT2D eigenvalue weighted by Gasteiger charge is 2.50. The van der Waals surface area contributed by atoms with Gasteiger partial charge in [-0.25, -0.2) is 9.97 Å². The molecular formula is C18H14F3N5OS. The second kappa shape index (κ2) is 6.60. The monoisotopic (exact) mass is 405 g/mol. The third-order valence-corrected chi connectivity index (χ3v) is 5.60. The summed E-state index contributed by atoms with van der Waals surface area (Å²) in [6, 6.07) is 3.60. The van der Waals surface area contributed by atoms with Gasteiger partial charge in [-0.3, -0.25) is 9.20 Å². The molecular weight excluding hydrogens is 391 g/mol. The Morgan fingerprint density at radius 3 is 2.86 bits per heavy atom. The molecule has 1 saturated carbocycles. The van der Waals surface area contributed by atoms with Crippen molar-refractivity contribution in [1.82, 2.24) is 19.7 Å². The summed E-state index contributed by atoms with van der Waals surface area (Å²) in [5.74, 6) is -1.50. The lowest BCUT2D eigenvalue weighted by Gasteiger charge is -2.20. The van der Waals surface area contributed by atoms with E-state index in [4.69, 9.17) is 0 Å².